The van der Waals surface area contributed by atoms with Crippen molar-refractivity contribution in [2.45, 2.75) is 13.8 Å². The van der Waals surface area contributed by atoms with Gasteiger partial charge in [0.25, 0.3) is 0 Å². The van der Waals surface area contributed by atoms with Gasteiger partial charge in [-0.05, 0) is 48.6 Å². The highest BCUT2D eigenvalue weighted by molar-refractivity contribution is 7.17. The standard InChI is InChI=1S/C14H11ClN2OS/c1-8-5-10(6-9(2)12(8)15)18-14-13-11(3-4-19-13)16-7-17-14/h3-7H,1-2H3. The summed E-state index contributed by atoms with van der Waals surface area (Å²) in [6.07, 6.45) is 1.51. The molecule has 0 radical (unpaired) electrons. The van der Waals surface area contributed by atoms with E-state index >= 15 is 0 Å². The molecule has 0 saturated heterocycles. The number of hydrogen-bond donors (Lipinski definition) is 0. The van der Waals surface area contributed by atoms with Gasteiger partial charge in [0, 0.05) is 5.02 Å². The number of nitrogens with zero attached hydrogens (tertiary/aromatic N) is 2. The van der Waals surface area contributed by atoms with Gasteiger partial charge in [0.1, 0.15) is 16.8 Å². The Morgan fingerprint density at radius 2 is 1.89 bits per heavy atom. The van der Waals surface area contributed by atoms with Crippen molar-refractivity contribution < 1.29 is 4.74 Å². The second-order valence-corrected chi connectivity index (χ2v) is 5.58. The molecule has 0 aliphatic heterocycles. The quantitative estimate of drug-likeness (QED) is 0.683. The van der Waals surface area contributed by atoms with Crippen LogP contribution in [0.25, 0.3) is 10.2 Å². The molecule has 0 unspecified atom stereocenters. The second kappa shape index (κ2) is 4.79. The molecular formula is C14H11ClN2OS. The number of rotatable bonds is 2. The average molecular weight is 291 g/mol. The first-order valence-electron chi connectivity index (χ1n) is 5.78. The molecule has 96 valence electrons. The van der Waals surface area contributed by atoms with Gasteiger partial charge in [-0.2, -0.15) is 0 Å². The fourth-order valence-electron chi connectivity index (χ4n) is 1.92. The summed E-state index contributed by atoms with van der Waals surface area (Å²) in [5.74, 6) is 1.33. The Morgan fingerprint density at radius 1 is 1.16 bits per heavy atom. The van der Waals surface area contributed by atoms with Gasteiger partial charge in [-0.25, -0.2) is 9.97 Å². The molecule has 1 aromatic carbocycles. The van der Waals surface area contributed by atoms with Gasteiger partial charge in [0.05, 0.1) is 5.52 Å². The smallest absolute Gasteiger partial charge is 0.240 e. The van der Waals surface area contributed by atoms with E-state index in [9.17, 15) is 0 Å². The van der Waals surface area contributed by atoms with E-state index in [0.29, 0.717) is 5.88 Å². The highest BCUT2D eigenvalue weighted by Gasteiger charge is 2.09. The van der Waals surface area contributed by atoms with E-state index in [1.54, 1.807) is 11.3 Å². The summed E-state index contributed by atoms with van der Waals surface area (Å²) in [4.78, 5) is 8.39. The van der Waals surface area contributed by atoms with Crippen molar-refractivity contribution >= 4 is 33.2 Å². The third-order valence-electron chi connectivity index (χ3n) is 2.83. The molecule has 2 aromatic heterocycles. The van der Waals surface area contributed by atoms with Crippen LogP contribution < -0.4 is 4.74 Å². The predicted octanol–water partition coefficient (Wildman–Crippen LogP) is 4.75. The maximum Gasteiger partial charge on any atom is 0.240 e. The Balaban J connectivity index is 2.04. The van der Waals surface area contributed by atoms with Crippen molar-refractivity contribution in [3.8, 4) is 11.6 Å². The molecule has 2 heterocycles. The molecule has 0 aliphatic rings. The Hall–Kier alpha value is -1.65. The van der Waals surface area contributed by atoms with Crippen LogP contribution in [0.4, 0.5) is 0 Å². The van der Waals surface area contributed by atoms with Crippen LogP contribution in [0.5, 0.6) is 11.6 Å². The average Bonchev–Trinajstić information content (AvgIpc) is 2.85. The van der Waals surface area contributed by atoms with Crippen LogP contribution in [0.15, 0.2) is 29.9 Å². The lowest BCUT2D eigenvalue weighted by Gasteiger charge is -2.09. The van der Waals surface area contributed by atoms with Gasteiger partial charge in [0.2, 0.25) is 5.88 Å². The maximum absolute atomic E-state index is 6.15. The number of aromatic nitrogens is 2. The Morgan fingerprint density at radius 3 is 2.63 bits per heavy atom. The number of thiophene rings is 1. The van der Waals surface area contributed by atoms with Crippen LogP contribution in [0.1, 0.15) is 11.1 Å². The number of ether oxygens (including phenoxy) is 1. The minimum atomic E-state index is 0.584. The van der Waals surface area contributed by atoms with Crippen molar-refractivity contribution in [3.63, 3.8) is 0 Å². The molecule has 3 rings (SSSR count). The van der Waals surface area contributed by atoms with Crippen LogP contribution in [0.3, 0.4) is 0 Å². The number of fused-ring (bicyclic) bond motifs is 1. The number of hydrogen-bond acceptors (Lipinski definition) is 4. The Bertz CT molecular complexity index is 731. The van der Waals surface area contributed by atoms with Gasteiger partial charge in [-0.1, -0.05) is 11.6 Å². The molecule has 3 aromatic rings. The van der Waals surface area contributed by atoms with Gasteiger partial charge in [-0.15, -0.1) is 11.3 Å². The summed E-state index contributed by atoms with van der Waals surface area (Å²) in [5.41, 5.74) is 2.89. The van der Waals surface area contributed by atoms with Crippen molar-refractivity contribution in [3.05, 3.63) is 46.1 Å². The molecular weight excluding hydrogens is 280 g/mol. The molecule has 5 heteroatoms. The van der Waals surface area contributed by atoms with Gasteiger partial charge in [0.15, 0.2) is 0 Å². The van der Waals surface area contributed by atoms with Crippen LogP contribution in [0, 0.1) is 13.8 Å². The largest absolute Gasteiger partial charge is 0.437 e. The number of benzene rings is 1. The highest BCUT2D eigenvalue weighted by Crippen LogP contribution is 2.33. The second-order valence-electron chi connectivity index (χ2n) is 4.29. The lowest BCUT2D eigenvalue weighted by atomic mass is 10.1. The number of halogens is 1. The lowest BCUT2D eigenvalue weighted by molar-refractivity contribution is 0.468. The van der Waals surface area contributed by atoms with E-state index in [2.05, 4.69) is 9.97 Å². The van der Waals surface area contributed by atoms with Crippen molar-refractivity contribution in [1.82, 2.24) is 9.97 Å². The third-order valence-corrected chi connectivity index (χ3v) is 4.32. The fourth-order valence-corrected chi connectivity index (χ4v) is 2.79. The molecule has 0 atom stereocenters. The predicted molar refractivity (Wildman–Crippen MR) is 78.4 cm³/mol. The van der Waals surface area contributed by atoms with E-state index < -0.39 is 0 Å². The molecule has 0 N–H and O–H groups in total. The molecule has 0 aliphatic carbocycles. The summed E-state index contributed by atoms with van der Waals surface area (Å²) in [7, 11) is 0. The topological polar surface area (TPSA) is 35.0 Å². The summed E-state index contributed by atoms with van der Waals surface area (Å²) < 4.78 is 6.82. The first-order chi connectivity index (χ1) is 9.15. The fraction of sp³-hybridized carbons (Fsp3) is 0.143. The van der Waals surface area contributed by atoms with Crippen LogP contribution in [-0.4, -0.2) is 9.97 Å². The third kappa shape index (κ3) is 2.29. The zero-order valence-corrected chi connectivity index (χ0v) is 12.0. The lowest BCUT2D eigenvalue weighted by Crippen LogP contribution is -1.91. The van der Waals surface area contributed by atoms with E-state index in [0.717, 1.165) is 32.1 Å². The summed E-state index contributed by atoms with van der Waals surface area (Å²) in [6, 6.07) is 5.78. The molecule has 0 spiro atoms. The monoisotopic (exact) mass is 290 g/mol. The van der Waals surface area contributed by atoms with Crippen LogP contribution in [0.2, 0.25) is 5.02 Å². The highest BCUT2D eigenvalue weighted by atomic mass is 35.5. The van der Waals surface area contributed by atoms with Gasteiger partial charge in [-0.3, -0.25) is 0 Å². The Kier molecular flexibility index (Phi) is 3.12. The van der Waals surface area contributed by atoms with E-state index in [-0.39, 0.29) is 0 Å². The SMILES string of the molecule is Cc1cc(Oc2ncnc3ccsc23)cc(C)c1Cl. The van der Waals surface area contributed by atoms with Crippen molar-refractivity contribution in [2.75, 3.05) is 0 Å². The molecule has 0 fully saturated rings. The summed E-state index contributed by atoms with van der Waals surface area (Å²) in [5, 5.41) is 2.75. The first kappa shape index (κ1) is 12.4. The summed E-state index contributed by atoms with van der Waals surface area (Å²) >= 11 is 7.72. The van der Waals surface area contributed by atoms with Crippen LogP contribution in [-0.2, 0) is 0 Å². The molecule has 0 amide bonds. The van der Waals surface area contributed by atoms with E-state index in [1.807, 2.05) is 37.4 Å². The number of aryl methyl sites for hydroxylation is 2. The van der Waals surface area contributed by atoms with E-state index in [4.69, 9.17) is 16.3 Å². The maximum atomic E-state index is 6.15. The van der Waals surface area contributed by atoms with Gasteiger partial charge >= 0.3 is 0 Å². The van der Waals surface area contributed by atoms with E-state index in [1.165, 1.54) is 6.33 Å². The minimum Gasteiger partial charge on any atom is -0.437 e. The first-order valence-corrected chi connectivity index (χ1v) is 7.03. The molecule has 19 heavy (non-hydrogen) atoms. The molecule has 0 bridgehead atoms. The van der Waals surface area contributed by atoms with Crippen LogP contribution >= 0.6 is 22.9 Å². The van der Waals surface area contributed by atoms with Gasteiger partial charge < -0.3 is 4.74 Å². The normalized spacial score (nSPS) is 10.9. The molecule has 0 saturated carbocycles. The zero-order valence-electron chi connectivity index (χ0n) is 10.5. The van der Waals surface area contributed by atoms with Crippen molar-refractivity contribution in [1.29, 1.82) is 0 Å². The minimum absolute atomic E-state index is 0.584. The zero-order chi connectivity index (χ0) is 13.4. The Labute approximate surface area is 119 Å². The summed E-state index contributed by atoms with van der Waals surface area (Å²) in [6.45, 7) is 3.92. The molecule has 3 nitrogen and oxygen atoms in total. The van der Waals surface area contributed by atoms with Crippen molar-refractivity contribution in [2.24, 2.45) is 0 Å².